The molecule has 154 valence electrons. The molecule has 7 heteroatoms. The molecule has 0 unspecified atom stereocenters. The average molecular weight is 391 g/mol. The van der Waals surface area contributed by atoms with E-state index >= 15 is 0 Å². The standard InChI is InChI=1S/C21H31N3O4/c1-3-28-21(27)17-8-10-24(11-9-17)20(26)16(2)22-12-14-23(15-13-22)18-4-6-19(25)7-5-18/h4-7,16-17,25H,3,8-15H2,1-2H3/p+1/t16-/m0/s1. The fraction of sp³-hybridized carbons (Fsp3) is 0.619. The molecule has 0 aliphatic carbocycles. The topological polar surface area (TPSA) is 74.5 Å². The van der Waals surface area contributed by atoms with Crippen molar-refractivity contribution in [3.05, 3.63) is 24.3 Å². The number of nitrogens with one attached hydrogen (secondary N) is 1. The molecule has 3 rings (SSSR count). The highest BCUT2D eigenvalue weighted by Crippen LogP contribution is 2.20. The summed E-state index contributed by atoms with van der Waals surface area (Å²) < 4.78 is 5.11. The highest BCUT2D eigenvalue weighted by atomic mass is 16.5. The van der Waals surface area contributed by atoms with E-state index in [0.29, 0.717) is 32.5 Å². The Morgan fingerprint density at radius 1 is 1.14 bits per heavy atom. The number of rotatable bonds is 5. The largest absolute Gasteiger partial charge is 0.508 e. The molecule has 1 aromatic rings. The summed E-state index contributed by atoms with van der Waals surface area (Å²) in [5.74, 6) is 0.272. The van der Waals surface area contributed by atoms with Gasteiger partial charge in [0.2, 0.25) is 0 Å². The SMILES string of the molecule is CCOC(=O)C1CCN(C(=O)[C@H](C)[NH+]2CCN(c3ccc(O)cc3)CC2)CC1. The molecule has 2 saturated heterocycles. The van der Waals surface area contributed by atoms with Crippen LogP contribution in [0.25, 0.3) is 0 Å². The number of likely N-dealkylation sites (tertiary alicyclic amines) is 1. The molecule has 0 bridgehead atoms. The van der Waals surface area contributed by atoms with Gasteiger partial charge in [-0.15, -0.1) is 0 Å². The Labute approximate surface area is 166 Å². The van der Waals surface area contributed by atoms with Gasteiger partial charge in [-0.25, -0.2) is 0 Å². The number of piperazine rings is 1. The van der Waals surface area contributed by atoms with E-state index < -0.39 is 0 Å². The minimum absolute atomic E-state index is 0.0684. The lowest BCUT2D eigenvalue weighted by molar-refractivity contribution is -0.915. The number of hydrogen-bond donors (Lipinski definition) is 2. The molecule has 0 radical (unpaired) electrons. The summed E-state index contributed by atoms with van der Waals surface area (Å²) in [6.45, 7) is 9.13. The Bertz CT molecular complexity index is 663. The molecule has 0 aromatic heterocycles. The molecular weight excluding hydrogens is 358 g/mol. The molecular formula is C21H32N3O4+. The van der Waals surface area contributed by atoms with Crippen molar-refractivity contribution in [3.63, 3.8) is 0 Å². The smallest absolute Gasteiger partial charge is 0.309 e. The molecule has 2 N–H and O–H groups in total. The molecule has 2 fully saturated rings. The second-order valence-electron chi connectivity index (χ2n) is 7.73. The molecule has 2 heterocycles. The zero-order valence-corrected chi connectivity index (χ0v) is 16.9. The predicted molar refractivity (Wildman–Crippen MR) is 106 cm³/mol. The fourth-order valence-corrected chi connectivity index (χ4v) is 4.19. The van der Waals surface area contributed by atoms with Gasteiger partial charge in [0.1, 0.15) is 5.75 Å². The molecule has 0 spiro atoms. The number of esters is 1. The molecule has 1 aromatic carbocycles. The summed E-state index contributed by atoms with van der Waals surface area (Å²) in [5, 5.41) is 9.44. The number of nitrogens with zero attached hydrogens (tertiary/aromatic N) is 2. The van der Waals surface area contributed by atoms with Gasteiger partial charge in [-0.2, -0.15) is 0 Å². The molecule has 2 aliphatic heterocycles. The first kappa shape index (κ1) is 20.5. The number of amides is 1. The van der Waals surface area contributed by atoms with Gasteiger partial charge < -0.3 is 24.5 Å². The van der Waals surface area contributed by atoms with Crippen LogP contribution in [-0.2, 0) is 14.3 Å². The summed E-state index contributed by atoms with van der Waals surface area (Å²) in [6.07, 6.45) is 1.39. The van der Waals surface area contributed by atoms with Crippen LogP contribution >= 0.6 is 0 Å². The van der Waals surface area contributed by atoms with Crippen LogP contribution in [0.4, 0.5) is 5.69 Å². The summed E-state index contributed by atoms with van der Waals surface area (Å²) in [7, 11) is 0. The van der Waals surface area contributed by atoms with Crippen LogP contribution in [-0.4, -0.2) is 73.8 Å². The van der Waals surface area contributed by atoms with Gasteiger partial charge >= 0.3 is 5.97 Å². The second-order valence-corrected chi connectivity index (χ2v) is 7.73. The van der Waals surface area contributed by atoms with E-state index in [9.17, 15) is 14.7 Å². The minimum atomic E-state index is -0.126. The van der Waals surface area contributed by atoms with E-state index in [-0.39, 0.29) is 29.6 Å². The Hall–Kier alpha value is -2.28. The van der Waals surface area contributed by atoms with E-state index in [0.717, 1.165) is 31.9 Å². The van der Waals surface area contributed by atoms with Gasteiger partial charge in [-0.05, 0) is 51.0 Å². The minimum Gasteiger partial charge on any atom is -0.508 e. The summed E-state index contributed by atoms with van der Waals surface area (Å²) in [4.78, 5) is 30.3. The summed E-state index contributed by atoms with van der Waals surface area (Å²) in [5.41, 5.74) is 1.11. The highest BCUT2D eigenvalue weighted by molar-refractivity contribution is 5.80. The van der Waals surface area contributed by atoms with Crippen LogP contribution in [0.15, 0.2) is 24.3 Å². The van der Waals surface area contributed by atoms with Crippen molar-refractivity contribution in [1.29, 1.82) is 0 Å². The van der Waals surface area contributed by atoms with Gasteiger partial charge in [0, 0.05) is 18.8 Å². The van der Waals surface area contributed by atoms with Gasteiger partial charge in [0.05, 0.1) is 38.7 Å². The molecule has 2 aliphatic rings. The van der Waals surface area contributed by atoms with Crippen LogP contribution in [0, 0.1) is 5.92 Å². The lowest BCUT2D eigenvalue weighted by Crippen LogP contribution is -3.19. The Morgan fingerprint density at radius 3 is 2.32 bits per heavy atom. The van der Waals surface area contributed by atoms with E-state index in [2.05, 4.69) is 4.90 Å². The molecule has 1 atom stereocenters. The third kappa shape index (κ3) is 4.76. The fourth-order valence-electron chi connectivity index (χ4n) is 4.19. The van der Waals surface area contributed by atoms with Crippen molar-refractivity contribution in [2.75, 3.05) is 50.8 Å². The van der Waals surface area contributed by atoms with Crippen molar-refractivity contribution in [1.82, 2.24) is 4.90 Å². The summed E-state index contributed by atoms with van der Waals surface area (Å²) >= 11 is 0. The third-order valence-corrected chi connectivity index (χ3v) is 6.03. The normalized spacial score (nSPS) is 20.1. The third-order valence-electron chi connectivity index (χ3n) is 6.03. The Morgan fingerprint density at radius 2 is 1.75 bits per heavy atom. The van der Waals surface area contributed by atoms with Gasteiger partial charge in [0.25, 0.3) is 5.91 Å². The number of phenols is 1. The number of ether oxygens (including phenoxy) is 1. The number of benzene rings is 1. The van der Waals surface area contributed by atoms with Crippen molar-refractivity contribution < 1.29 is 24.3 Å². The molecule has 28 heavy (non-hydrogen) atoms. The Kier molecular flexibility index (Phi) is 6.78. The van der Waals surface area contributed by atoms with Crippen LogP contribution in [0.2, 0.25) is 0 Å². The zero-order chi connectivity index (χ0) is 20.1. The summed E-state index contributed by atoms with van der Waals surface area (Å²) in [6, 6.07) is 7.22. The number of carbonyl (C=O) groups is 2. The maximum atomic E-state index is 12.9. The number of hydrogen-bond acceptors (Lipinski definition) is 5. The van der Waals surface area contributed by atoms with E-state index in [4.69, 9.17) is 4.74 Å². The van der Waals surface area contributed by atoms with E-state index in [1.54, 1.807) is 12.1 Å². The molecule has 7 nitrogen and oxygen atoms in total. The average Bonchev–Trinajstić information content (AvgIpc) is 2.74. The second kappa shape index (κ2) is 9.28. The molecule has 1 amide bonds. The first-order valence-electron chi connectivity index (χ1n) is 10.3. The zero-order valence-electron chi connectivity index (χ0n) is 16.9. The van der Waals surface area contributed by atoms with Crippen LogP contribution in [0.1, 0.15) is 26.7 Å². The first-order valence-corrected chi connectivity index (χ1v) is 10.3. The monoisotopic (exact) mass is 390 g/mol. The number of anilines is 1. The van der Waals surface area contributed by atoms with E-state index in [1.165, 1.54) is 4.90 Å². The van der Waals surface area contributed by atoms with Crippen molar-refractivity contribution in [3.8, 4) is 5.75 Å². The lowest BCUT2D eigenvalue weighted by Gasteiger charge is -2.38. The number of carbonyl (C=O) groups excluding carboxylic acids is 2. The van der Waals surface area contributed by atoms with Crippen LogP contribution < -0.4 is 9.80 Å². The highest BCUT2D eigenvalue weighted by Gasteiger charge is 2.35. The van der Waals surface area contributed by atoms with Crippen LogP contribution in [0.3, 0.4) is 0 Å². The van der Waals surface area contributed by atoms with Crippen LogP contribution in [0.5, 0.6) is 5.75 Å². The molecule has 0 saturated carbocycles. The Balaban J connectivity index is 1.47. The number of aromatic hydroxyl groups is 1. The van der Waals surface area contributed by atoms with Gasteiger partial charge in [-0.1, -0.05) is 0 Å². The number of phenolic OH excluding ortho intramolecular Hbond substituents is 1. The van der Waals surface area contributed by atoms with Crippen molar-refractivity contribution in [2.45, 2.75) is 32.7 Å². The lowest BCUT2D eigenvalue weighted by atomic mass is 9.96. The van der Waals surface area contributed by atoms with Crippen molar-refractivity contribution in [2.24, 2.45) is 5.92 Å². The maximum Gasteiger partial charge on any atom is 0.309 e. The number of quaternary nitrogens is 1. The first-order chi connectivity index (χ1) is 13.5. The maximum absolute atomic E-state index is 12.9. The van der Waals surface area contributed by atoms with E-state index in [1.807, 2.05) is 30.9 Å². The quantitative estimate of drug-likeness (QED) is 0.707. The van der Waals surface area contributed by atoms with Gasteiger partial charge in [0.15, 0.2) is 6.04 Å². The predicted octanol–water partition coefficient (Wildman–Crippen LogP) is 0.287. The van der Waals surface area contributed by atoms with Gasteiger partial charge in [-0.3, -0.25) is 9.59 Å². The van der Waals surface area contributed by atoms with Crippen molar-refractivity contribution >= 4 is 17.6 Å². The number of piperidine rings is 1.